The SMILES string of the molecule is CC(=O)CCCCCC(NC(C)=O)C(=O)CC(CCCCNC(=O)C(CCCCNC(C)=O)NC(C)=O)C(=O)CC(CCCCNC(=O)C(CCCCNC(=O)C(CCCCNC(C)=O)NC(C)=O)CC(=O)C(CCCCNC(C)=O)NC(C)=O)C(=O)NCc1ccc(-c2nnc(C)nn2)cc1. The number of nitrogens with zero attached hydrogens (tertiary/aromatic N) is 4. The molecule has 30 nitrogen and oxygen atoms in total. The van der Waals surface area contributed by atoms with E-state index in [1.54, 1.807) is 31.2 Å². The van der Waals surface area contributed by atoms with Crippen LogP contribution < -0.4 is 58.5 Å². The van der Waals surface area contributed by atoms with Gasteiger partial charge in [-0.2, -0.15) is 0 Å². The van der Waals surface area contributed by atoms with E-state index >= 15 is 0 Å². The summed E-state index contributed by atoms with van der Waals surface area (Å²) in [5.41, 5.74) is 1.34. The first-order valence-corrected chi connectivity index (χ1v) is 36.2. The van der Waals surface area contributed by atoms with Crippen LogP contribution in [0.5, 0.6) is 0 Å². The van der Waals surface area contributed by atoms with E-state index in [9.17, 15) is 71.9 Å². The topological polar surface area (TPSA) is 440 Å². The molecule has 0 spiro atoms. The number of Topliss-reactive ketones (excluding diaryl/α,β-unsaturated/α-hetero) is 4. The van der Waals surface area contributed by atoms with Crippen molar-refractivity contribution in [1.82, 2.24) is 78.9 Å². The van der Waals surface area contributed by atoms with Crippen molar-refractivity contribution in [2.75, 3.05) is 39.3 Å². The fourth-order valence-electron chi connectivity index (χ4n) is 11.5. The number of hydrogen-bond acceptors (Lipinski definition) is 19. The van der Waals surface area contributed by atoms with Crippen molar-refractivity contribution in [1.29, 1.82) is 0 Å². The molecule has 0 aliphatic carbocycles. The number of aryl methyl sites for hydroxylation is 1. The Bertz CT molecular complexity index is 3020. The Labute approximate surface area is 600 Å². The second-order valence-corrected chi connectivity index (χ2v) is 26.4. The molecule has 11 amide bonds. The Balaban J connectivity index is 2.46. The van der Waals surface area contributed by atoms with Gasteiger partial charge in [-0.15, -0.1) is 20.4 Å². The number of amides is 11. The van der Waals surface area contributed by atoms with Crippen LogP contribution in [-0.2, 0) is 78.5 Å². The van der Waals surface area contributed by atoms with E-state index in [-0.39, 0.29) is 124 Å². The van der Waals surface area contributed by atoms with Crippen molar-refractivity contribution >= 4 is 88.1 Å². The highest BCUT2D eigenvalue weighted by Gasteiger charge is 2.32. The van der Waals surface area contributed by atoms with Crippen LogP contribution in [0.1, 0.15) is 234 Å². The van der Waals surface area contributed by atoms with E-state index in [4.69, 9.17) is 0 Å². The molecule has 0 saturated carbocycles. The van der Waals surface area contributed by atoms with Crippen LogP contribution in [0.4, 0.5) is 0 Å². The molecule has 1 aromatic carbocycles. The molecule has 1 aromatic heterocycles. The Morgan fingerprint density at radius 3 is 1.03 bits per heavy atom. The normalized spacial score (nSPS) is 13.0. The Kier molecular flexibility index (Phi) is 45.5. The van der Waals surface area contributed by atoms with Gasteiger partial charge in [0.05, 0.1) is 12.1 Å². The predicted molar refractivity (Wildman–Crippen MR) is 381 cm³/mol. The lowest BCUT2D eigenvalue weighted by Crippen LogP contribution is -2.46. The molecular formula is C72H115N15O15. The lowest BCUT2D eigenvalue weighted by atomic mass is 9.83. The van der Waals surface area contributed by atoms with Gasteiger partial charge in [-0.05, 0) is 129 Å². The van der Waals surface area contributed by atoms with Crippen molar-refractivity contribution in [3.8, 4) is 11.4 Å². The molecule has 0 saturated heterocycles. The summed E-state index contributed by atoms with van der Waals surface area (Å²) in [6.07, 6.45) is 8.56. The van der Waals surface area contributed by atoms with E-state index in [1.807, 2.05) is 0 Å². The van der Waals surface area contributed by atoms with Crippen LogP contribution in [0.2, 0.25) is 0 Å². The van der Waals surface area contributed by atoms with Gasteiger partial charge in [0.15, 0.2) is 17.4 Å². The summed E-state index contributed by atoms with van der Waals surface area (Å²) in [4.78, 5) is 193. The highest BCUT2D eigenvalue weighted by atomic mass is 16.2. The minimum atomic E-state index is -0.933. The third kappa shape index (κ3) is 42.3. The van der Waals surface area contributed by atoms with Crippen LogP contribution in [0.25, 0.3) is 11.4 Å². The van der Waals surface area contributed by atoms with E-state index < -0.39 is 83.3 Å². The number of nitrogens with one attached hydrogen (secondary N) is 11. The molecule has 0 bridgehead atoms. The van der Waals surface area contributed by atoms with Gasteiger partial charge in [0.2, 0.25) is 70.8 Å². The monoisotopic (exact) mass is 1430 g/mol. The summed E-state index contributed by atoms with van der Waals surface area (Å²) in [5.74, 6) is -7.02. The molecule has 2 aromatic rings. The largest absolute Gasteiger partial charge is 0.356 e. The number of ketones is 4. The maximum absolute atomic E-state index is 14.9. The third-order valence-electron chi connectivity index (χ3n) is 17.0. The van der Waals surface area contributed by atoms with Crippen molar-refractivity contribution < 1.29 is 71.9 Å². The van der Waals surface area contributed by atoms with Gasteiger partial charge in [-0.1, -0.05) is 56.4 Å². The summed E-state index contributed by atoms with van der Waals surface area (Å²) in [6, 6.07) is 3.59. The molecule has 568 valence electrons. The molecule has 7 atom stereocenters. The fraction of sp³-hybridized carbons (Fsp3) is 0.681. The van der Waals surface area contributed by atoms with E-state index in [1.165, 1.54) is 55.4 Å². The molecule has 7 unspecified atom stereocenters. The molecule has 0 radical (unpaired) electrons. The first kappa shape index (κ1) is 89.1. The lowest BCUT2D eigenvalue weighted by Gasteiger charge is -2.23. The number of unbranched alkanes of at least 4 members (excludes halogenated alkanes) is 8. The summed E-state index contributed by atoms with van der Waals surface area (Å²) >= 11 is 0. The highest BCUT2D eigenvalue weighted by Crippen LogP contribution is 2.25. The quantitative estimate of drug-likeness (QED) is 0.0418. The van der Waals surface area contributed by atoms with Gasteiger partial charge in [0.25, 0.3) is 0 Å². The highest BCUT2D eigenvalue weighted by molar-refractivity contribution is 5.95. The van der Waals surface area contributed by atoms with E-state index in [2.05, 4.69) is 78.9 Å². The van der Waals surface area contributed by atoms with Crippen LogP contribution in [-0.4, -0.2) is 172 Å². The molecule has 30 heteroatoms. The molecule has 0 aliphatic rings. The third-order valence-corrected chi connectivity index (χ3v) is 17.0. The summed E-state index contributed by atoms with van der Waals surface area (Å²) in [7, 11) is 0. The zero-order chi connectivity index (χ0) is 75.8. The van der Waals surface area contributed by atoms with Gasteiger partial charge >= 0.3 is 0 Å². The predicted octanol–water partition coefficient (Wildman–Crippen LogP) is 3.92. The number of aromatic nitrogens is 4. The number of hydrogen-bond donors (Lipinski definition) is 11. The van der Waals surface area contributed by atoms with Gasteiger partial charge in [-0.25, -0.2) is 0 Å². The minimum Gasteiger partial charge on any atom is -0.356 e. The summed E-state index contributed by atoms with van der Waals surface area (Å²) in [6.45, 7) is 14.3. The Hall–Kier alpha value is -8.99. The molecule has 1 heterocycles. The van der Waals surface area contributed by atoms with Crippen molar-refractivity contribution in [2.24, 2.45) is 17.8 Å². The number of carbonyl (C=O) groups excluding carboxylic acids is 15. The fourth-order valence-corrected chi connectivity index (χ4v) is 11.5. The van der Waals surface area contributed by atoms with Crippen LogP contribution in [0.15, 0.2) is 24.3 Å². The molecule has 102 heavy (non-hydrogen) atoms. The first-order valence-electron chi connectivity index (χ1n) is 36.2. The van der Waals surface area contributed by atoms with E-state index in [0.717, 1.165) is 0 Å². The Morgan fingerprint density at radius 2 is 0.637 bits per heavy atom. The number of benzene rings is 1. The average Bonchev–Trinajstić information content (AvgIpc) is 0.863. The van der Waals surface area contributed by atoms with Gasteiger partial charge in [0.1, 0.15) is 23.7 Å². The van der Waals surface area contributed by atoms with Gasteiger partial charge in [0, 0.05) is 143 Å². The zero-order valence-electron chi connectivity index (χ0n) is 61.6. The summed E-state index contributed by atoms with van der Waals surface area (Å²) < 4.78 is 0. The van der Waals surface area contributed by atoms with Crippen molar-refractivity contribution in [2.45, 2.75) is 260 Å². The standard InChI is InChI=1S/C72H115N15O15/c1-47(88)25-11-10-12-29-61(80-52(6)92)66(97)43-58(26-13-19-41-77-71(101)63(82-54(8)94)31-17-23-38-74-50(4)90)65(96)44-59(70(100)79-46-56-33-35-57(36-34-56)68-86-84-48(2)85-87-68)27-14-20-40-76-69(99)60(45-67(98)62(81-53(7)93)30-16-22-37-73-49(3)89)28-15-21-42-78-72(102)64(83-55(9)95)32-18-24-39-75-51(5)91/h33-36,58-64H,10-32,37-46H2,1-9H3,(H,73,89)(H,74,90)(H,75,91)(H,76,99)(H,77,101)(H,78,102)(H,79,100)(H,80,92)(H,81,93)(H,82,94)(H,83,95). The zero-order valence-corrected chi connectivity index (χ0v) is 61.6. The second-order valence-electron chi connectivity index (χ2n) is 26.4. The molecule has 11 N–H and O–H groups in total. The van der Waals surface area contributed by atoms with Crippen LogP contribution in [0.3, 0.4) is 0 Å². The second kappa shape index (κ2) is 52.0. The number of rotatable bonds is 56. The molecule has 0 fully saturated rings. The smallest absolute Gasteiger partial charge is 0.242 e. The summed E-state index contributed by atoms with van der Waals surface area (Å²) in [5, 5.41) is 46.8. The lowest BCUT2D eigenvalue weighted by molar-refractivity contribution is -0.133. The first-order chi connectivity index (χ1) is 48.5. The number of carbonyl (C=O) groups is 15. The van der Waals surface area contributed by atoms with Crippen molar-refractivity contribution in [3.63, 3.8) is 0 Å². The average molecular weight is 1430 g/mol. The van der Waals surface area contributed by atoms with Crippen molar-refractivity contribution in [3.05, 3.63) is 35.7 Å². The van der Waals surface area contributed by atoms with E-state index in [0.29, 0.717) is 158 Å². The van der Waals surface area contributed by atoms with Crippen LogP contribution in [0, 0.1) is 24.7 Å². The molecule has 0 aliphatic heterocycles. The van der Waals surface area contributed by atoms with Gasteiger partial charge < -0.3 is 63.3 Å². The maximum Gasteiger partial charge on any atom is 0.242 e. The minimum absolute atomic E-state index is 0.0331. The van der Waals surface area contributed by atoms with Crippen LogP contribution >= 0.6 is 0 Å². The Morgan fingerprint density at radius 1 is 0.314 bits per heavy atom. The molecular weight excluding hydrogens is 1310 g/mol. The maximum atomic E-state index is 14.9. The molecule has 2 rings (SSSR count). The van der Waals surface area contributed by atoms with Gasteiger partial charge in [-0.3, -0.25) is 67.1 Å².